The molecule has 1 fully saturated rings. The highest BCUT2D eigenvalue weighted by atomic mass is 14.9. The molecular weight excluding hydrogens is 198 g/mol. The van der Waals surface area contributed by atoms with Crippen molar-refractivity contribution in [2.45, 2.75) is 32.6 Å². The maximum Gasteiger partial charge on any atom is 0.0648 e. The zero-order valence-electron chi connectivity index (χ0n) is 10.4. The summed E-state index contributed by atoms with van der Waals surface area (Å²) in [4.78, 5) is 8.57. The van der Waals surface area contributed by atoms with Gasteiger partial charge in [0.15, 0.2) is 0 Å². The van der Waals surface area contributed by atoms with Gasteiger partial charge in [0.2, 0.25) is 0 Å². The summed E-state index contributed by atoms with van der Waals surface area (Å²) in [6.45, 7) is 8.97. The summed E-state index contributed by atoms with van der Waals surface area (Å²) in [5.74, 6) is 1.45. The van der Waals surface area contributed by atoms with Crippen LogP contribution in [0.1, 0.15) is 32.9 Å². The molecule has 1 saturated carbocycles. The lowest BCUT2D eigenvalue weighted by molar-refractivity contribution is 0.512. The standard InChI is InChI=1S/C13H21N3/c1-10(2)7-15-8-11-6-13(11,3)12-9-14-4-5-16-12/h4-5,9-11,15H,6-8H2,1-3H3. The maximum atomic E-state index is 4.42. The summed E-state index contributed by atoms with van der Waals surface area (Å²) in [5.41, 5.74) is 1.41. The van der Waals surface area contributed by atoms with Crippen LogP contribution in [0, 0.1) is 11.8 Å². The Bertz CT molecular complexity index is 336. The normalized spacial score (nSPS) is 28.4. The molecule has 2 unspecified atom stereocenters. The third kappa shape index (κ3) is 2.40. The minimum absolute atomic E-state index is 0.262. The van der Waals surface area contributed by atoms with E-state index in [0.717, 1.165) is 30.6 Å². The number of rotatable bonds is 5. The Labute approximate surface area is 97.7 Å². The molecule has 3 heteroatoms. The van der Waals surface area contributed by atoms with E-state index in [4.69, 9.17) is 0 Å². The molecule has 2 atom stereocenters. The Morgan fingerprint density at radius 2 is 2.31 bits per heavy atom. The fourth-order valence-corrected chi connectivity index (χ4v) is 2.20. The first-order chi connectivity index (χ1) is 7.63. The van der Waals surface area contributed by atoms with Crippen LogP contribution >= 0.6 is 0 Å². The summed E-state index contributed by atoms with van der Waals surface area (Å²) >= 11 is 0. The fourth-order valence-electron chi connectivity index (χ4n) is 2.20. The number of hydrogen-bond acceptors (Lipinski definition) is 3. The van der Waals surface area contributed by atoms with Crippen LogP contribution in [-0.2, 0) is 5.41 Å². The van der Waals surface area contributed by atoms with Gasteiger partial charge in [-0.1, -0.05) is 20.8 Å². The van der Waals surface area contributed by atoms with Crippen LogP contribution in [0.2, 0.25) is 0 Å². The van der Waals surface area contributed by atoms with Gasteiger partial charge in [0.1, 0.15) is 0 Å². The Kier molecular flexibility index (Phi) is 3.24. The van der Waals surface area contributed by atoms with Gasteiger partial charge in [-0.3, -0.25) is 9.97 Å². The maximum absolute atomic E-state index is 4.42. The van der Waals surface area contributed by atoms with E-state index in [0.29, 0.717) is 0 Å². The third-order valence-electron chi connectivity index (χ3n) is 3.50. The zero-order valence-corrected chi connectivity index (χ0v) is 10.4. The van der Waals surface area contributed by atoms with E-state index in [1.165, 1.54) is 6.42 Å². The van der Waals surface area contributed by atoms with Crippen LogP contribution in [-0.4, -0.2) is 23.1 Å². The van der Waals surface area contributed by atoms with Crippen molar-refractivity contribution in [2.75, 3.05) is 13.1 Å². The Hall–Kier alpha value is -0.960. The predicted molar refractivity (Wildman–Crippen MR) is 65.2 cm³/mol. The molecule has 16 heavy (non-hydrogen) atoms. The predicted octanol–water partition coefficient (Wildman–Crippen LogP) is 2.00. The molecule has 88 valence electrons. The highest BCUT2D eigenvalue weighted by Gasteiger charge is 2.51. The van der Waals surface area contributed by atoms with Crippen molar-refractivity contribution < 1.29 is 0 Å². The van der Waals surface area contributed by atoms with Crippen molar-refractivity contribution in [2.24, 2.45) is 11.8 Å². The number of hydrogen-bond donors (Lipinski definition) is 1. The first-order valence-electron chi connectivity index (χ1n) is 6.10. The van der Waals surface area contributed by atoms with Crippen molar-refractivity contribution in [1.82, 2.24) is 15.3 Å². The van der Waals surface area contributed by atoms with Gasteiger partial charge >= 0.3 is 0 Å². The zero-order chi connectivity index (χ0) is 11.6. The van der Waals surface area contributed by atoms with Gasteiger partial charge in [0.25, 0.3) is 0 Å². The molecule has 1 heterocycles. The molecule has 1 aliphatic carbocycles. The van der Waals surface area contributed by atoms with Gasteiger partial charge < -0.3 is 5.32 Å². The highest BCUT2D eigenvalue weighted by molar-refractivity contribution is 5.24. The number of nitrogens with zero attached hydrogens (tertiary/aromatic N) is 2. The van der Waals surface area contributed by atoms with Crippen LogP contribution in [0.25, 0.3) is 0 Å². The van der Waals surface area contributed by atoms with Crippen molar-refractivity contribution >= 4 is 0 Å². The second-order valence-electron chi connectivity index (χ2n) is 5.46. The Morgan fingerprint density at radius 1 is 1.50 bits per heavy atom. The minimum Gasteiger partial charge on any atom is -0.316 e. The van der Waals surface area contributed by atoms with Gasteiger partial charge in [0, 0.05) is 24.0 Å². The second kappa shape index (κ2) is 4.50. The average molecular weight is 219 g/mol. The third-order valence-corrected chi connectivity index (χ3v) is 3.50. The smallest absolute Gasteiger partial charge is 0.0648 e. The molecule has 0 bridgehead atoms. The molecule has 0 amide bonds. The topological polar surface area (TPSA) is 37.8 Å². The molecule has 0 aromatic carbocycles. The van der Waals surface area contributed by atoms with Crippen LogP contribution in [0.15, 0.2) is 18.6 Å². The highest BCUT2D eigenvalue weighted by Crippen LogP contribution is 2.52. The largest absolute Gasteiger partial charge is 0.316 e. The minimum atomic E-state index is 0.262. The second-order valence-corrected chi connectivity index (χ2v) is 5.46. The van der Waals surface area contributed by atoms with Crippen molar-refractivity contribution in [3.05, 3.63) is 24.3 Å². The molecule has 0 radical (unpaired) electrons. The summed E-state index contributed by atoms with van der Waals surface area (Å²) in [6.07, 6.45) is 6.66. The fraction of sp³-hybridized carbons (Fsp3) is 0.692. The van der Waals surface area contributed by atoms with Crippen molar-refractivity contribution in [3.63, 3.8) is 0 Å². The van der Waals surface area contributed by atoms with Crippen LogP contribution < -0.4 is 5.32 Å². The van der Waals surface area contributed by atoms with E-state index in [-0.39, 0.29) is 5.41 Å². The van der Waals surface area contributed by atoms with Crippen molar-refractivity contribution in [3.8, 4) is 0 Å². The molecule has 1 N–H and O–H groups in total. The van der Waals surface area contributed by atoms with Gasteiger partial charge in [-0.25, -0.2) is 0 Å². The molecule has 0 spiro atoms. The number of nitrogens with one attached hydrogen (secondary N) is 1. The van der Waals surface area contributed by atoms with E-state index >= 15 is 0 Å². The lowest BCUT2D eigenvalue weighted by Gasteiger charge is -2.11. The van der Waals surface area contributed by atoms with Crippen LogP contribution in [0.4, 0.5) is 0 Å². The Balaban J connectivity index is 1.85. The lowest BCUT2D eigenvalue weighted by Crippen LogP contribution is -2.24. The monoisotopic (exact) mass is 219 g/mol. The van der Waals surface area contributed by atoms with Gasteiger partial charge in [0.05, 0.1) is 5.69 Å². The van der Waals surface area contributed by atoms with E-state index in [1.54, 1.807) is 12.4 Å². The molecule has 2 rings (SSSR count). The lowest BCUT2D eigenvalue weighted by atomic mass is 10.0. The summed E-state index contributed by atoms with van der Waals surface area (Å²) in [5, 5.41) is 3.52. The van der Waals surface area contributed by atoms with Gasteiger partial charge in [-0.05, 0) is 31.3 Å². The molecule has 3 nitrogen and oxygen atoms in total. The van der Waals surface area contributed by atoms with Gasteiger partial charge in [-0.15, -0.1) is 0 Å². The van der Waals surface area contributed by atoms with Crippen LogP contribution in [0.3, 0.4) is 0 Å². The average Bonchev–Trinajstić information content (AvgIpc) is 2.92. The van der Waals surface area contributed by atoms with E-state index in [2.05, 4.69) is 36.1 Å². The molecular formula is C13H21N3. The summed E-state index contributed by atoms with van der Waals surface area (Å²) in [7, 11) is 0. The first-order valence-corrected chi connectivity index (χ1v) is 6.10. The SMILES string of the molecule is CC(C)CNCC1CC1(C)c1cnccn1. The summed E-state index contributed by atoms with van der Waals surface area (Å²) < 4.78 is 0. The molecule has 0 aliphatic heterocycles. The quantitative estimate of drug-likeness (QED) is 0.823. The van der Waals surface area contributed by atoms with Crippen LogP contribution in [0.5, 0.6) is 0 Å². The van der Waals surface area contributed by atoms with E-state index in [9.17, 15) is 0 Å². The van der Waals surface area contributed by atoms with Gasteiger partial charge in [-0.2, -0.15) is 0 Å². The first kappa shape index (κ1) is 11.5. The Morgan fingerprint density at radius 3 is 2.94 bits per heavy atom. The van der Waals surface area contributed by atoms with Crippen molar-refractivity contribution in [1.29, 1.82) is 0 Å². The van der Waals surface area contributed by atoms with E-state index < -0.39 is 0 Å². The summed E-state index contributed by atoms with van der Waals surface area (Å²) in [6, 6.07) is 0. The number of aromatic nitrogens is 2. The molecule has 1 aromatic rings. The molecule has 1 aliphatic rings. The van der Waals surface area contributed by atoms with E-state index in [1.807, 2.05) is 6.20 Å². The molecule has 0 saturated heterocycles. The molecule has 1 aromatic heterocycles.